The third-order valence-electron chi connectivity index (χ3n) is 4.34. The number of hydrogen-bond donors (Lipinski definition) is 0. The Balaban J connectivity index is 2.57. The van der Waals surface area contributed by atoms with Crippen LogP contribution in [0.1, 0.15) is 44.8 Å². The Morgan fingerprint density at radius 2 is 1.82 bits per heavy atom. The molecule has 10 heteroatoms. The van der Waals surface area contributed by atoms with Crippen molar-refractivity contribution in [2.45, 2.75) is 59.7 Å². The highest BCUT2D eigenvalue weighted by atomic mass is 35.5. The van der Waals surface area contributed by atoms with Crippen molar-refractivity contribution < 1.29 is 26.7 Å². The van der Waals surface area contributed by atoms with Crippen LogP contribution in [0, 0.1) is 5.41 Å². The van der Waals surface area contributed by atoms with E-state index in [4.69, 9.17) is 11.6 Å². The van der Waals surface area contributed by atoms with Crippen molar-refractivity contribution >= 4 is 11.6 Å². The topological polar surface area (TPSA) is 39.9 Å². The monoisotopic (exact) mass is 425 g/mol. The molecule has 28 heavy (non-hydrogen) atoms. The summed E-state index contributed by atoms with van der Waals surface area (Å²) in [6.07, 6.45) is -2.74. The first kappa shape index (κ1) is 22.4. The third-order valence-corrected chi connectivity index (χ3v) is 4.73. The molecular weight excluding hydrogens is 405 g/mol. The van der Waals surface area contributed by atoms with Gasteiger partial charge in [-0.05, 0) is 24.5 Å². The maximum absolute atomic E-state index is 13.2. The molecule has 0 N–H and O–H groups in total. The quantitative estimate of drug-likeness (QED) is 0.528. The first-order chi connectivity index (χ1) is 12.9. The molecule has 0 saturated carbocycles. The summed E-state index contributed by atoms with van der Waals surface area (Å²) >= 11 is 6.33. The Morgan fingerprint density at radius 1 is 1.18 bits per heavy atom. The normalized spacial score (nSPS) is 12.7. The first-order valence-electron chi connectivity index (χ1n) is 8.68. The molecule has 2 rings (SSSR count). The molecule has 156 valence electrons. The predicted octanol–water partition coefficient (Wildman–Crippen LogP) is 5.78. The van der Waals surface area contributed by atoms with Gasteiger partial charge in [0.05, 0.1) is 11.1 Å². The van der Waals surface area contributed by atoms with Crippen LogP contribution in [0.5, 0.6) is 5.75 Å². The van der Waals surface area contributed by atoms with Gasteiger partial charge in [0.25, 0.3) is 0 Å². The van der Waals surface area contributed by atoms with E-state index in [2.05, 4.69) is 14.7 Å². The highest BCUT2D eigenvalue weighted by Gasteiger charge is 2.47. The second-order valence-electron chi connectivity index (χ2n) is 6.91. The number of aromatic nitrogens is 3. The van der Waals surface area contributed by atoms with Crippen molar-refractivity contribution in [3.63, 3.8) is 0 Å². The first-order valence-corrected chi connectivity index (χ1v) is 9.05. The number of nitrogens with zero attached hydrogens (tertiary/aromatic N) is 3. The molecule has 4 nitrogen and oxygen atoms in total. The summed E-state index contributed by atoms with van der Waals surface area (Å²) in [7, 11) is 0. The average molecular weight is 426 g/mol. The van der Waals surface area contributed by atoms with E-state index >= 15 is 0 Å². The van der Waals surface area contributed by atoms with Crippen molar-refractivity contribution in [2.24, 2.45) is 5.41 Å². The third kappa shape index (κ3) is 4.56. The molecule has 0 aromatic carbocycles. The van der Waals surface area contributed by atoms with Crippen molar-refractivity contribution in [1.29, 1.82) is 0 Å². The van der Waals surface area contributed by atoms with E-state index in [0.717, 1.165) is 19.9 Å². The van der Waals surface area contributed by atoms with Crippen LogP contribution in [0.15, 0.2) is 12.3 Å². The highest BCUT2D eigenvalue weighted by Crippen LogP contribution is 2.41. The van der Waals surface area contributed by atoms with Gasteiger partial charge in [-0.2, -0.15) is 22.0 Å². The molecule has 0 aliphatic heterocycles. The van der Waals surface area contributed by atoms with E-state index in [1.165, 1.54) is 10.8 Å². The standard InChI is InChI=1S/C18H21ClF5N3O/c1-5-11-14(19)27(13(6-2)26-11)15-12(28-16(20)21)7-10(9-25-15)8-17(3,4)18(22,23)24/h7,9,16H,5-6,8H2,1-4H3. The zero-order valence-corrected chi connectivity index (χ0v) is 16.6. The minimum Gasteiger partial charge on any atom is -0.431 e. The average Bonchev–Trinajstić information content (AvgIpc) is 2.89. The van der Waals surface area contributed by atoms with Crippen molar-refractivity contribution in [3.8, 4) is 11.6 Å². The maximum Gasteiger partial charge on any atom is 0.394 e. The van der Waals surface area contributed by atoms with Crippen LogP contribution in [0.2, 0.25) is 5.15 Å². The highest BCUT2D eigenvalue weighted by molar-refractivity contribution is 6.30. The lowest BCUT2D eigenvalue weighted by Gasteiger charge is -2.27. The Labute approximate surface area is 164 Å². The summed E-state index contributed by atoms with van der Waals surface area (Å²) in [4.78, 5) is 8.45. The number of rotatable bonds is 7. The lowest BCUT2D eigenvalue weighted by Crippen LogP contribution is -2.34. The zero-order chi connectivity index (χ0) is 21.3. The minimum atomic E-state index is -4.46. The van der Waals surface area contributed by atoms with E-state index in [1.807, 2.05) is 13.8 Å². The summed E-state index contributed by atoms with van der Waals surface area (Å²) in [6.45, 7) is 2.53. The Bertz CT molecular complexity index is 833. The molecule has 0 unspecified atom stereocenters. The van der Waals surface area contributed by atoms with Gasteiger partial charge in [0.1, 0.15) is 11.0 Å². The van der Waals surface area contributed by atoms with Gasteiger partial charge in [-0.25, -0.2) is 9.97 Å². The van der Waals surface area contributed by atoms with Crippen LogP contribution >= 0.6 is 11.6 Å². The second kappa shape index (κ2) is 8.23. The molecule has 0 radical (unpaired) electrons. The van der Waals surface area contributed by atoms with E-state index in [1.54, 1.807) is 0 Å². The molecule has 0 spiro atoms. The molecule has 0 aliphatic rings. The molecule has 0 aliphatic carbocycles. The fourth-order valence-corrected chi connectivity index (χ4v) is 3.06. The van der Waals surface area contributed by atoms with Crippen LogP contribution in [0.4, 0.5) is 22.0 Å². The molecule has 2 heterocycles. The largest absolute Gasteiger partial charge is 0.431 e. The summed E-state index contributed by atoms with van der Waals surface area (Å²) in [5.74, 6) is 0.0851. The zero-order valence-electron chi connectivity index (χ0n) is 15.9. The molecular formula is C18H21ClF5N3O. The van der Waals surface area contributed by atoms with Crippen molar-refractivity contribution in [1.82, 2.24) is 14.5 Å². The Kier molecular flexibility index (Phi) is 6.58. The fourth-order valence-electron chi connectivity index (χ4n) is 2.71. The summed E-state index contributed by atoms with van der Waals surface area (Å²) in [6, 6.07) is 1.14. The van der Waals surface area contributed by atoms with Crippen molar-refractivity contribution in [2.75, 3.05) is 0 Å². The van der Waals surface area contributed by atoms with Gasteiger partial charge < -0.3 is 4.74 Å². The maximum atomic E-state index is 13.2. The van der Waals surface area contributed by atoms with Gasteiger partial charge in [-0.3, -0.25) is 4.57 Å². The molecule has 0 amide bonds. The predicted molar refractivity (Wildman–Crippen MR) is 95.3 cm³/mol. The molecule has 2 aromatic rings. The molecule has 2 aromatic heterocycles. The summed E-state index contributed by atoms with van der Waals surface area (Å²) < 4.78 is 71.3. The number of aryl methyl sites for hydroxylation is 2. The number of ether oxygens (including phenoxy) is 1. The van der Waals surface area contributed by atoms with Gasteiger partial charge in [-0.15, -0.1) is 0 Å². The van der Waals surface area contributed by atoms with Crippen LogP contribution < -0.4 is 4.74 Å². The van der Waals surface area contributed by atoms with Gasteiger partial charge >= 0.3 is 12.8 Å². The van der Waals surface area contributed by atoms with E-state index in [0.29, 0.717) is 24.4 Å². The van der Waals surface area contributed by atoms with Gasteiger partial charge in [0.15, 0.2) is 11.6 Å². The van der Waals surface area contributed by atoms with Crippen LogP contribution in [-0.2, 0) is 19.3 Å². The number of halogens is 6. The smallest absolute Gasteiger partial charge is 0.394 e. The lowest BCUT2D eigenvalue weighted by molar-refractivity contribution is -0.211. The van der Waals surface area contributed by atoms with E-state index in [-0.39, 0.29) is 22.3 Å². The molecule has 0 fully saturated rings. The Hall–Kier alpha value is -1.90. The number of hydrogen-bond acceptors (Lipinski definition) is 3. The van der Waals surface area contributed by atoms with Gasteiger partial charge in [0, 0.05) is 12.6 Å². The van der Waals surface area contributed by atoms with E-state index < -0.39 is 24.6 Å². The number of alkyl halides is 5. The van der Waals surface area contributed by atoms with Gasteiger partial charge in [0.2, 0.25) is 0 Å². The van der Waals surface area contributed by atoms with Crippen LogP contribution in [-0.4, -0.2) is 27.3 Å². The van der Waals surface area contributed by atoms with Crippen LogP contribution in [0.25, 0.3) is 5.82 Å². The van der Waals surface area contributed by atoms with Crippen LogP contribution in [0.3, 0.4) is 0 Å². The molecule has 0 saturated heterocycles. The van der Waals surface area contributed by atoms with Crippen molar-refractivity contribution in [3.05, 3.63) is 34.5 Å². The van der Waals surface area contributed by atoms with E-state index in [9.17, 15) is 22.0 Å². The molecule has 0 atom stereocenters. The lowest BCUT2D eigenvalue weighted by atomic mass is 9.85. The second-order valence-corrected chi connectivity index (χ2v) is 7.27. The Morgan fingerprint density at radius 3 is 2.32 bits per heavy atom. The summed E-state index contributed by atoms with van der Waals surface area (Å²) in [5, 5.41) is 0.203. The number of pyridine rings is 1. The minimum absolute atomic E-state index is 0.0390. The van der Waals surface area contributed by atoms with Gasteiger partial charge in [-0.1, -0.05) is 39.3 Å². The number of imidazole rings is 1. The fraction of sp³-hybridized carbons (Fsp3) is 0.556. The summed E-state index contributed by atoms with van der Waals surface area (Å²) in [5.41, 5.74) is -1.38. The SMILES string of the molecule is CCc1nc(CC)n(-c2ncc(CC(C)(C)C(F)(F)F)cc2OC(F)F)c1Cl. The molecule has 0 bridgehead atoms.